The highest BCUT2D eigenvalue weighted by Crippen LogP contribution is 2.27. The van der Waals surface area contributed by atoms with Crippen molar-refractivity contribution in [1.29, 1.82) is 0 Å². The predicted molar refractivity (Wildman–Crippen MR) is 84.8 cm³/mol. The molecule has 0 spiro atoms. The van der Waals surface area contributed by atoms with Gasteiger partial charge in [-0.2, -0.15) is 0 Å². The van der Waals surface area contributed by atoms with Gasteiger partial charge in [-0.3, -0.25) is 9.78 Å². The average molecular weight is 281 g/mol. The van der Waals surface area contributed by atoms with Crippen LogP contribution in [-0.2, 0) is 6.42 Å². The fraction of sp³-hybridized carbons (Fsp3) is 0.294. The maximum atomic E-state index is 12.8. The van der Waals surface area contributed by atoms with Gasteiger partial charge in [0, 0.05) is 31.2 Å². The van der Waals surface area contributed by atoms with Gasteiger partial charge < -0.3 is 10.2 Å². The Morgan fingerprint density at radius 2 is 2.10 bits per heavy atom. The van der Waals surface area contributed by atoms with E-state index in [-0.39, 0.29) is 5.91 Å². The summed E-state index contributed by atoms with van der Waals surface area (Å²) in [6, 6.07) is 11.8. The smallest absolute Gasteiger partial charge is 0.276 e. The molecule has 1 N–H and O–H groups in total. The Morgan fingerprint density at radius 1 is 1.24 bits per heavy atom. The molecule has 0 bridgehead atoms. The minimum absolute atomic E-state index is 0.0264. The van der Waals surface area contributed by atoms with Crippen LogP contribution in [0, 0.1) is 0 Å². The van der Waals surface area contributed by atoms with Gasteiger partial charge >= 0.3 is 0 Å². The molecule has 1 amide bonds. The molecule has 1 aliphatic rings. The zero-order valence-electron chi connectivity index (χ0n) is 12.2. The Hall–Kier alpha value is -2.36. The summed E-state index contributed by atoms with van der Waals surface area (Å²) in [6.45, 7) is 0.751. The second-order valence-electron chi connectivity index (χ2n) is 5.22. The molecular formula is C17H19N3O. The van der Waals surface area contributed by atoms with Crippen LogP contribution in [0.5, 0.6) is 0 Å². The van der Waals surface area contributed by atoms with Gasteiger partial charge in [0.05, 0.1) is 0 Å². The van der Waals surface area contributed by atoms with Crippen molar-refractivity contribution in [2.45, 2.75) is 19.3 Å². The Labute approximate surface area is 124 Å². The topological polar surface area (TPSA) is 45.2 Å². The number of amides is 1. The SMILES string of the molecule is CNc1ccnc(C(=O)N2CCCCc3ccccc32)c1. The number of carbonyl (C=O) groups is 1. The van der Waals surface area contributed by atoms with Gasteiger partial charge in [0.15, 0.2) is 0 Å². The molecule has 0 radical (unpaired) electrons. The summed E-state index contributed by atoms with van der Waals surface area (Å²) in [5.41, 5.74) is 3.65. The molecule has 0 fully saturated rings. The highest BCUT2D eigenvalue weighted by molar-refractivity contribution is 6.05. The van der Waals surface area contributed by atoms with E-state index in [4.69, 9.17) is 0 Å². The van der Waals surface area contributed by atoms with Gasteiger partial charge in [-0.1, -0.05) is 18.2 Å². The maximum absolute atomic E-state index is 12.8. The zero-order chi connectivity index (χ0) is 14.7. The lowest BCUT2D eigenvalue weighted by Gasteiger charge is -2.22. The number of carbonyl (C=O) groups excluding carboxylic acids is 1. The summed E-state index contributed by atoms with van der Waals surface area (Å²) in [6.07, 6.45) is 4.84. The lowest BCUT2D eigenvalue weighted by Crippen LogP contribution is -2.32. The van der Waals surface area contributed by atoms with E-state index in [1.165, 1.54) is 5.56 Å². The molecule has 4 heteroatoms. The third-order valence-electron chi connectivity index (χ3n) is 3.87. The number of pyridine rings is 1. The molecule has 21 heavy (non-hydrogen) atoms. The van der Waals surface area contributed by atoms with E-state index in [1.54, 1.807) is 12.3 Å². The number of nitrogens with zero attached hydrogens (tertiary/aromatic N) is 2. The summed E-state index contributed by atoms with van der Waals surface area (Å²) in [4.78, 5) is 18.9. The molecule has 1 aromatic heterocycles. The van der Waals surface area contributed by atoms with Crippen molar-refractivity contribution < 1.29 is 4.79 Å². The number of hydrogen-bond donors (Lipinski definition) is 1. The molecule has 1 aliphatic heterocycles. The highest BCUT2D eigenvalue weighted by Gasteiger charge is 2.22. The van der Waals surface area contributed by atoms with E-state index in [1.807, 2.05) is 36.2 Å². The van der Waals surface area contributed by atoms with Crippen LogP contribution >= 0.6 is 0 Å². The van der Waals surface area contributed by atoms with Crippen LogP contribution in [0.1, 0.15) is 28.9 Å². The standard InChI is InChI=1S/C17H19N3O/c1-18-14-9-10-19-15(12-14)17(21)20-11-5-4-7-13-6-2-3-8-16(13)20/h2-3,6,8-10,12H,4-5,7,11H2,1H3,(H,18,19). The second-order valence-corrected chi connectivity index (χ2v) is 5.22. The van der Waals surface area contributed by atoms with Crippen molar-refractivity contribution in [2.24, 2.45) is 0 Å². The minimum atomic E-state index is -0.0264. The number of anilines is 2. The number of hydrogen-bond acceptors (Lipinski definition) is 3. The molecule has 2 aromatic rings. The van der Waals surface area contributed by atoms with Crippen LogP contribution < -0.4 is 10.2 Å². The van der Waals surface area contributed by atoms with Crippen LogP contribution in [0.25, 0.3) is 0 Å². The number of nitrogens with one attached hydrogen (secondary N) is 1. The quantitative estimate of drug-likeness (QED) is 0.920. The van der Waals surface area contributed by atoms with E-state index in [0.29, 0.717) is 5.69 Å². The molecule has 2 heterocycles. The molecule has 4 nitrogen and oxygen atoms in total. The fourth-order valence-electron chi connectivity index (χ4n) is 2.74. The number of aromatic nitrogens is 1. The van der Waals surface area contributed by atoms with E-state index >= 15 is 0 Å². The van der Waals surface area contributed by atoms with Gasteiger partial charge in [-0.25, -0.2) is 0 Å². The second kappa shape index (κ2) is 5.95. The van der Waals surface area contributed by atoms with Crippen molar-refractivity contribution in [2.75, 3.05) is 23.8 Å². The molecule has 0 atom stereocenters. The van der Waals surface area contributed by atoms with E-state index in [2.05, 4.69) is 16.4 Å². The monoisotopic (exact) mass is 281 g/mol. The van der Waals surface area contributed by atoms with Gasteiger partial charge in [0.1, 0.15) is 5.69 Å². The van der Waals surface area contributed by atoms with E-state index < -0.39 is 0 Å². The normalized spacial score (nSPS) is 14.2. The third-order valence-corrected chi connectivity index (χ3v) is 3.87. The zero-order valence-corrected chi connectivity index (χ0v) is 12.2. The average Bonchev–Trinajstić information content (AvgIpc) is 2.76. The van der Waals surface area contributed by atoms with Crippen LogP contribution in [0.2, 0.25) is 0 Å². The first-order valence-corrected chi connectivity index (χ1v) is 7.33. The van der Waals surface area contributed by atoms with Crippen molar-refractivity contribution in [3.63, 3.8) is 0 Å². The Kier molecular flexibility index (Phi) is 3.86. The molecule has 3 rings (SSSR count). The lowest BCUT2D eigenvalue weighted by atomic mass is 10.1. The number of para-hydroxylation sites is 1. The summed E-state index contributed by atoms with van der Waals surface area (Å²) in [5, 5.41) is 3.05. The van der Waals surface area contributed by atoms with Crippen LogP contribution in [0.15, 0.2) is 42.6 Å². The van der Waals surface area contributed by atoms with E-state index in [0.717, 1.165) is 37.2 Å². The highest BCUT2D eigenvalue weighted by atomic mass is 16.2. The van der Waals surface area contributed by atoms with Gasteiger partial charge in [-0.15, -0.1) is 0 Å². The molecule has 0 unspecified atom stereocenters. The maximum Gasteiger partial charge on any atom is 0.276 e. The lowest BCUT2D eigenvalue weighted by molar-refractivity contribution is 0.0982. The van der Waals surface area contributed by atoms with Gasteiger partial charge in [0.25, 0.3) is 5.91 Å². The Bertz CT molecular complexity index is 654. The van der Waals surface area contributed by atoms with Crippen molar-refractivity contribution >= 4 is 17.3 Å². The van der Waals surface area contributed by atoms with E-state index in [9.17, 15) is 4.79 Å². The fourth-order valence-corrected chi connectivity index (χ4v) is 2.74. The molecule has 0 aliphatic carbocycles. The summed E-state index contributed by atoms with van der Waals surface area (Å²) in [5.74, 6) is -0.0264. The largest absolute Gasteiger partial charge is 0.388 e. The molecule has 1 aromatic carbocycles. The number of aryl methyl sites for hydroxylation is 1. The number of rotatable bonds is 2. The molecular weight excluding hydrogens is 262 g/mol. The van der Waals surface area contributed by atoms with Crippen LogP contribution in [0.3, 0.4) is 0 Å². The first-order valence-electron chi connectivity index (χ1n) is 7.33. The van der Waals surface area contributed by atoms with Gasteiger partial charge in [0.2, 0.25) is 0 Å². The van der Waals surface area contributed by atoms with Crippen molar-refractivity contribution in [1.82, 2.24) is 4.98 Å². The number of benzene rings is 1. The number of fused-ring (bicyclic) bond motifs is 1. The summed E-state index contributed by atoms with van der Waals surface area (Å²) in [7, 11) is 1.84. The molecule has 108 valence electrons. The third kappa shape index (κ3) is 2.75. The van der Waals surface area contributed by atoms with Crippen molar-refractivity contribution in [3.8, 4) is 0 Å². The minimum Gasteiger partial charge on any atom is -0.388 e. The van der Waals surface area contributed by atoms with Crippen molar-refractivity contribution in [3.05, 3.63) is 53.9 Å². The predicted octanol–water partition coefficient (Wildman–Crippen LogP) is 3.11. The van der Waals surface area contributed by atoms with Crippen LogP contribution in [0.4, 0.5) is 11.4 Å². The summed E-state index contributed by atoms with van der Waals surface area (Å²) < 4.78 is 0. The Balaban J connectivity index is 1.97. The molecule has 0 saturated heterocycles. The first kappa shape index (κ1) is 13.6. The summed E-state index contributed by atoms with van der Waals surface area (Å²) >= 11 is 0. The first-order chi connectivity index (χ1) is 10.3. The van der Waals surface area contributed by atoms with Gasteiger partial charge in [-0.05, 0) is 43.0 Å². The van der Waals surface area contributed by atoms with Crippen LogP contribution in [-0.4, -0.2) is 24.5 Å². The Morgan fingerprint density at radius 3 is 2.95 bits per heavy atom. The molecule has 0 saturated carbocycles.